The molecule has 0 heterocycles. The summed E-state index contributed by atoms with van der Waals surface area (Å²) in [5.74, 6) is 0.606. The molecule has 1 nitrogen and oxygen atoms in total. The third kappa shape index (κ3) is 1.72. The molecule has 0 bridgehead atoms. The molecule has 0 aromatic heterocycles. The molecule has 0 spiro atoms. The number of fused-ring (bicyclic) bond motifs is 1. The molecule has 1 aliphatic rings. The van der Waals surface area contributed by atoms with Crippen LogP contribution in [0.4, 0.5) is 0 Å². The van der Waals surface area contributed by atoms with Gasteiger partial charge < -0.3 is 5.11 Å². The zero-order chi connectivity index (χ0) is 13.7. The second-order valence-electron chi connectivity index (χ2n) is 6.89. The average molecular weight is 246 g/mol. The van der Waals surface area contributed by atoms with Gasteiger partial charge in [0, 0.05) is 0 Å². The SMILES string of the molecule is CCC(O)c1ccc2c(c1)C(C)(C)C(C)C2(C)C. The molecule has 18 heavy (non-hydrogen) atoms. The van der Waals surface area contributed by atoms with Gasteiger partial charge in [-0.25, -0.2) is 0 Å². The maximum atomic E-state index is 10.0. The number of aliphatic hydroxyl groups excluding tert-OH is 1. The standard InChI is InChI=1S/C17H26O/c1-7-15(18)12-8-9-13-14(10-12)17(5,6)11(2)16(13,3)4/h8-11,15,18H,7H2,1-6H3. The molecular formula is C17H26O. The predicted octanol–water partition coefficient (Wildman–Crippen LogP) is 4.33. The lowest BCUT2D eigenvalue weighted by Gasteiger charge is -2.32. The van der Waals surface area contributed by atoms with E-state index in [-0.39, 0.29) is 16.9 Å². The summed E-state index contributed by atoms with van der Waals surface area (Å²) in [6, 6.07) is 6.56. The number of hydrogen-bond acceptors (Lipinski definition) is 1. The molecule has 100 valence electrons. The third-order valence-corrected chi connectivity index (χ3v) is 5.37. The summed E-state index contributed by atoms with van der Waals surface area (Å²) in [5, 5.41) is 10.0. The maximum Gasteiger partial charge on any atom is 0.0787 e. The highest BCUT2D eigenvalue weighted by atomic mass is 16.3. The van der Waals surface area contributed by atoms with Crippen LogP contribution in [0.3, 0.4) is 0 Å². The Balaban J connectivity index is 2.58. The topological polar surface area (TPSA) is 20.2 Å². The molecule has 0 aliphatic heterocycles. The number of benzene rings is 1. The van der Waals surface area contributed by atoms with E-state index in [1.54, 1.807) is 0 Å². The Labute approximate surface area is 111 Å². The molecule has 1 aromatic rings. The average Bonchev–Trinajstić information content (AvgIpc) is 2.47. The Kier molecular flexibility index (Phi) is 3.09. The van der Waals surface area contributed by atoms with Crippen molar-refractivity contribution in [2.75, 3.05) is 0 Å². The van der Waals surface area contributed by atoms with Crippen LogP contribution in [0, 0.1) is 5.92 Å². The van der Waals surface area contributed by atoms with E-state index in [1.165, 1.54) is 11.1 Å². The highest BCUT2D eigenvalue weighted by Crippen LogP contribution is 2.53. The molecule has 0 radical (unpaired) electrons. The van der Waals surface area contributed by atoms with Gasteiger partial charge in [-0.1, -0.05) is 59.7 Å². The van der Waals surface area contributed by atoms with Crippen molar-refractivity contribution in [1.29, 1.82) is 0 Å². The van der Waals surface area contributed by atoms with Gasteiger partial charge in [-0.3, -0.25) is 0 Å². The zero-order valence-corrected chi connectivity index (χ0v) is 12.5. The van der Waals surface area contributed by atoms with Gasteiger partial charge in [0.2, 0.25) is 0 Å². The molecule has 2 atom stereocenters. The first-order valence-electron chi connectivity index (χ1n) is 7.05. The second-order valence-corrected chi connectivity index (χ2v) is 6.89. The largest absolute Gasteiger partial charge is 0.388 e. The predicted molar refractivity (Wildman–Crippen MR) is 76.9 cm³/mol. The summed E-state index contributed by atoms with van der Waals surface area (Å²) in [6.45, 7) is 13.7. The zero-order valence-electron chi connectivity index (χ0n) is 12.5. The molecule has 1 N–H and O–H groups in total. The van der Waals surface area contributed by atoms with E-state index < -0.39 is 0 Å². The summed E-state index contributed by atoms with van der Waals surface area (Å²) < 4.78 is 0. The second kappa shape index (κ2) is 4.09. The minimum atomic E-state index is -0.329. The first-order valence-corrected chi connectivity index (χ1v) is 7.05. The summed E-state index contributed by atoms with van der Waals surface area (Å²) >= 11 is 0. The van der Waals surface area contributed by atoms with Gasteiger partial charge in [-0.15, -0.1) is 0 Å². The molecule has 1 aromatic carbocycles. The summed E-state index contributed by atoms with van der Waals surface area (Å²) in [4.78, 5) is 0. The van der Waals surface area contributed by atoms with E-state index in [0.29, 0.717) is 5.92 Å². The number of aliphatic hydroxyl groups is 1. The van der Waals surface area contributed by atoms with Crippen molar-refractivity contribution in [3.05, 3.63) is 34.9 Å². The van der Waals surface area contributed by atoms with Gasteiger partial charge in [0.1, 0.15) is 0 Å². The van der Waals surface area contributed by atoms with Crippen LogP contribution in [-0.2, 0) is 10.8 Å². The Bertz CT molecular complexity index is 457. The first-order chi connectivity index (χ1) is 8.22. The van der Waals surface area contributed by atoms with Crippen molar-refractivity contribution < 1.29 is 5.11 Å². The molecule has 2 unspecified atom stereocenters. The Morgan fingerprint density at radius 1 is 1.11 bits per heavy atom. The van der Waals surface area contributed by atoms with Crippen LogP contribution in [0.1, 0.15) is 70.8 Å². The fourth-order valence-corrected chi connectivity index (χ4v) is 3.47. The summed E-state index contributed by atoms with van der Waals surface area (Å²) in [6.07, 6.45) is 0.447. The first kappa shape index (κ1) is 13.6. The summed E-state index contributed by atoms with van der Waals surface area (Å²) in [5.41, 5.74) is 4.34. The lowest BCUT2D eigenvalue weighted by molar-refractivity contribution is 0.173. The molecule has 0 saturated heterocycles. The van der Waals surface area contributed by atoms with E-state index in [1.807, 2.05) is 6.92 Å². The van der Waals surface area contributed by atoms with E-state index in [0.717, 1.165) is 12.0 Å². The third-order valence-electron chi connectivity index (χ3n) is 5.37. The minimum Gasteiger partial charge on any atom is -0.388 e. The van der Waals surface area contributed by atoms with Crippen LogP contribution in [0.15, 0.2) is 18.2 Å². The Morgan fingerprint density at radius 2 is 1.67 bits per heavy atom. The molecule has 2 rings (SSSR count). The fourth-order valence-electron chi connectivity index (χ4n) is 3.47. The Morgan fingerprint density at radius 3 is 2.22 bits per heavy atom. The molecule has 0 amide bonds. The van der Waals surface area contributed by atoms with Crippen molar-refractivity contribution in [3.63, 3.8) is 0 Å². The normalized spacial score (nSPS) is 25.8. The van der Waals surface area contributed by atoms with Gasteiger partial charge in [-0.2, -0.15) is 0 Å². The smallest absolute Gasteiger partial charge is 0.0787 e. The van der Waals surface area contributed by atoms with Crippen LogP contribution in [0.2, 0.25) is 0 Å². The molecular weight excluding hydrogens is 220 g/mol. The number of rotatable bonds is 2. The minimum absolute atomic E-state index is 0.183. The molecule has 0 fully saturated rings. The van der Waals surface area contributed by atoms with Crippen LogP contribution in [0.25, 0.3) is 0 Å². The van der Waals surface area contributed by atoms with Gasteiger partial charge in [0.15, 0.2) is 0 Å². The quantitative estimate of drug-likeness (QED) is 0.823. The fraction of sp³-hybridized carbons (Fsp3) is 0.647. The van der Waals surface area contributed by atoms with E-state index in [2.05, 4.69) is 52.8 Å². The van der Waals surface area contributed by atoms with Crippen molar-refractivity contribution in [3.8, 4) is 0 Å². The number of hydrogen-bond donors (Lipinski definition) is 1. The van der Waals surface area contributed by atoms with Crippen LogP contribution >= 0.6 is 0 Å². The van der Waals surface area contributed by atoms with Crippen molar-refractivity contribution in [2.24, 2.45) is 5.92 Å². The highest BCUT2D eigenvalue weighted by molar-refractivity contribution is 5.48. The highest BCUT2D eigenvalue weighted by Gasteiger charge is 2.48. The van der Waals surface area contributed by atoms with Gasteiger partial charge in [-0.05, 0) is 39.9 Å². The Hall–Kier alpha value is -0.820. The van der Waals surface area contributed by atoms with E-state index in [4.69, 9.17) is 0 Å². The maximum absolute atomic E-state index is 10.0. The van der Waals surface area contributed by atoms with Gasteiger partial charge in [0.25, 0.3) is 0 Å². The lowest BCUT2D eigenvalue weighted by atomic mass is 9.71. The van der Waals surface area contributed by atoms with Crippen molar-refractivity contribution >= 4 is 0 Å². The van der Waals surface area contributed by atoms with E-state index in [9.17, 15) is 5.11 Å². The van der Waals surface area contributed by atoms with Crippen LogP contribution in [-0.4, -0.2) is 5.11 Å². The van der Waals surface area contributed by atoms with Gasteiger partial charge >= 0.3 is 0 Å². The van der Waals surface area contributed by atoms with Crippen LogP contribution < -0.4 is 0 Å². The monoisotopic (exact) mass is 246 g/mol. The van der Waals surface area contributed by atoms with Crippen molar-refractivity contribution in [2.45, 2.75) is 64.9 Å². The lowest BCUT2D eigenvalue weighted by Crippen LogP contribution is -2.30. The van der Waals surface area contributed by atoms with E-state index >= 15 is 0 Å². The van der Waals surface area contributed by atoms with Gasteiger partial charge in [0.05, 0.1) is 6.10 Å². The molecule has 0 saturated carbocycles. The van der Waals surface area contributed by atoms with Crippen LogP contribution in [0.5, 0.6) is 0 Å². The summed E-state index contributed by atoms with van der Waals surface area (Å²) in [7, 11) is 0. The van der Waals surface area contributed by atoms with Crippen molar-refractivity contribution in [1.82, 2.24) is 0 Å². The molecule has 1 aliphatic carbocycles. The molecule has 1 heteroatoms.